The van der Waals surface area contributed by atoms with Crippen LogP contribution in [0.5, 0.6) is 0 Å². The number of amides is 1. The van der Waals surface area contributed by atoms with E-state index >= 15 is 0 Å². The molecule has 0 aromatic heterocycles. The number of morpholine rings is 1. The lowest BCUT2D eigenvalue weighted by Crippen LogP contribution is -2.53. The van der Waals surface area contributed by atoms with Gasteiger partial charge >= 0.3 is 12.1 Å². The molecule has 8 heteroatoms. The molecule has 1 saturated heterocycles. The van der Waals surface area contributed by atoms with Crippen LogP contribution in [0.2, 0.25) is 0 Å². The topological polar surface area (TPSA) is 66.8 Å². The summed E-state index contributed by atoms with van der Waals surface area (Å²) in [6.07, 6.45) is -3.99. The summed E-state index contributed by atoms with van der Waals surface area (Å²) in [7, 11) is 0. The minimum Gasteiger partial charge on any atom is -0.480 e. The molecule has 0 unspecified atom stereocenters. The molecule has 3 rings (SSSR count). The van der Waals surface area contributed by atoms with Gasteiger partial charge in [-0.05, 0) is 24.0 Å². The van der Waals surface area contributed by atoms with E-state index in [0.717, 1.165) is 12.1 Å². The Kier molecular flexibility index (Phi) is 4.25. The number of hydrogen-bond donors (Lipinski definition) is 1. The normalized spacial score (nSPS) is 27.0. The van der Waals surface area contributed by atoms with Crippen LogP contribution in [0.4, 0.5) is 13.2 Å². The maximum atomic E-state index is 12.8. The maximum Gasteiger partial charge on any atom is 0.416 e. The van der Waals surface area contributed by atoms with Gasteiger partial charge in [-0.15, -0.1) is 0 Å². The number of carboxylic acids is 1. The van der Waals surface area contributed by atoms with Crippen LogP contribution >= 0.6 is 0 Å². The lowest BCUT2D eigenvalue weighted by molar-refractivity contribution is -0.158. The van der Waals surface area contributed by atoms with E-state index in [4.69, 9.17) is 9.84 Å². The van der Waals surface area contributed by atoms with Gasteiger partial charge in [-0.2, -0.15) is 13.2 Å². The molecule has 1 aromatic carbocycles. The number of halogens is 3. The first kappa shape index (κ1) is 16.8. The van der Waals surface area contributed by atoms with Crippen LogP contribution in [-0.4, -0.2) is 47.7 Å². The third-order valence-corrected chi connectivity index (χ3v) is 4.45. The smallest absolute Gasteiger partial charge is 0.416 e. The van der Waals surface area contributed by atoms with Crippen molar-refractivity contribution in [3.63, 3.8) is 0 Å². The maximum absolute atomic E-state index is 12.8. The molecule has 0 spiro atoms. The number of carbonyl (C=O) groups excluding carboxylic acids is 1. The number of rotatable bonds is 3. The number of ether oxygens (including phenoxy) is 1. The van der Waals surface area contributed by atoms with Crippen LogP contribution in [0.3, 0.4) is 0 Å². The fourth-order valence-electron chi connectivity index (χ4n) is 3.07. The van der Waals surface area contributed by atoms with Crippen molar-refractivity contribution in [1.29, 1.82) is 0 Å². The van der Waals surface area contributed by atoms with Gasteiger partial charge < -0.3 is 14.7 Å². The summed E-state index contributed by atoms with van der Waals surface area (Å²) in [6, 6.07) is 3.92. The van der Waals surface area contributed by atoms with Crippen molar-refractivity contribution in [1.82, 2.24) is 4.90 Å². The van der Waals surface area contributed by atoms with Crippen LogP contribution in [0.15, 0.2) is 24.3 Å². The summed E-state index contributed by atoms with van der Waals surface area (Å²) < 4.78 is 43.4. The van der Waals surface area contributed by atoms with E-state index in [1.807, 2.05) is 0 Å². The van der Waals surface area contributed by atoms with Crippen molar-refractivity contribution in [2.75, 3.05) is 19.8 Å². The zero-order chi connectivity index (χ0) is 17.5. The first-order valence-electron chi connectivity index (χ1n) is 7.57. The molecule has 0 bridgehead atoms. The van der Waals surface area contributed by atoms with Crippen molar-refractivity contribution in [2.24, 2.45) is 5.92 Å². The highest BCUT2D eigenvalue weighted by atomic mass is 19.4. The second-order valence-corrected chi connectivity index (χ2v) is 6.03. The molecule has 1 aliphatic heterocycles. The Balaban J connectivity index is 1.73. The van der Waals surface area contributed by atoms with Crippen LogP contribution < -0.4 is 0 Å². The summed E-state index contributed by atoms with van der Waals surface area (Å²) in [5.41, 5.74) is -0.281. The molecule has 24 heavy (non-hydrogen) atoms. The minimum atomic E-state index is -4.43. The Morgan fingerprint density at radius 3 is 2.71 bits per heavy atom. The predicted octanol–water partition coefficient (Wildman–Crippen LogP) is 2.12. The monoisotopic (exact) mass is 343 g/mol. The summed E-state index contributed by atoms with van der Waals surface area (Å²) >= 11 is 0. The van der Waals surface area contributed by atoms with E-state index in [0.29, 0.717) is 12.0 Å². The van der Waals surface area contributed by atoms with Gasteiger partial charge in [0.15, 0.2) is 6.04 Å². The molecule has 0 radical (unpaired) electrons. The number of nitrogens with zero attached hydrogens (tertiary/aromatic N) is 1. The number of carbonyl (C=O) groups is 2. The quantitative estimate of drug-likeness (QED) is 0.913. The zero-order valence-electron chi connectivity index (χ0n) is 12.6. The predicted molar refractivity (Wildman–Crippen MR) is 76.2 cm³/mol. The third kappa shape index (κ3) is 3.24. The molecule has 130 valence electrons. The highest BCUT2D eigenvalue weighted by molar-refractivity contribution is 5.88. The summed E-state index contributed by atoms with van der Waals surface area (Å²) in [5, 5.41) is 9.17. The van der Waals surface area contributed by atoms with E-state index in [9.17, 15) is 22.8 Å². The van der Waals surface area contributed by atoms with Gasteiger partial charge in [0.2, 0.25) is 5.91 Å². The molecular formula is C16H16F3NO4. The number of alkyl halides is 3. The van der Waals surface area contributed by atoms with Gasteiger partial charge in [-0.1, -0.05) is 18.2 Å². The van der Waals surface area contributed by atoms with Crippen molar-refractivity contribution >= 4 is 11.9 Å². The fraction of sp³-hybridized carbons (Fsp3) is 0.500. The highest BCUT2D eigenvalue weighted by Gasteiger charge is 2.48. The van der Waals surface area contributed by atoms with Crippen molar-refractivity contribution in [3.05, 3.63) is 35.4 Å². The molecule has 1 heterocycles. The van der Waals surface area contributed by atoms with E-state index in [2.05, 4.69) is 0 Å². The summed E-state index contributed by atoms with van der Waals surface area (Å²) in [5.74, 6) is -2.22. The molecule has 1 aliphatic carbocycles. The Labute approximate surface area is 136 Å². The van der Waals surface area contributed by atoms with E-state index < -0.39 is 29.7 Å². The fourth-order valence-corrected chi connectivity index (χ4v) is 3.07. The minimum absolute atomic E-state index is 0.0674. The van der Waals surface area contributed by atoms with Crippen molar-refractivity contribution in [3.8, 4) is 0 Å². The van der Waals surface area contributed by atoms with E-state index in [-0.39, 0.29) is 31.6 Å². The molecule has 1 saturated carbocycles. The molecule has 1 N–H and O–H groups in total. The summed E-state index contributed by atoms with van der Waals surface area (Å²) in [4.78, 5) is 25.0. The van der Waals surface area contributed by atoms with Gasteiger partial charge in [0.25, 0.3) is 0 Å². The molecule has 3 atom stereocenters. The average Bonchev–Trinajstić information content (AvgIpc) is 3.34. The van der Waals surface area contributed by atoms with Gasteiger partial charge in [-0.3, -0.25) is 4.79 Å². The van der Waals surface area contributed by atoms with E-state index in [1.54, 1.807) is 6.07 Å². The van der Waals surface area contributed by atoms with Gasteiger partial charge in [0.05, 0.1) is 18.8 Å². The lowest BCUT2D eigenvalue weighted by atomic mass is 10.0. The molecule has 5 nitrogen and oxygen atoms in total. The average molecular weight is 343 g/mol. The zero-order valence-corrected chi connectivity index (χ0v) is 12.6. The van der Waals surface area contributed by atoms with Gasteiger partial charge in [0, 0.05) is 12.5 Å². The molecular weight excluding hydrogens is 327 g/mol. The Morgan fingerprint density at radius 2 is 2.04 bits per heavy atom. The van der Waals surface area contributed by atoms with Crippen molar-refractivity contribution in [2.45, 2.75) is 24.6 Å². The van der Waals surface area contributed by atoms with Crippen LogP contribution in [0, 0.1) is 5.92 Å². The molecule has 2 aliphatic rings. The van der Waals surface area contributed by atoms with E-state index in [1.165, 1.54) is 11.0 Å². The SMILES string of the molecule is O=C(O)[C@@H]1COCCN1C(=O)[C@@H]1C[C@H]1c1cccc(C(F)(F)F)c1. The Morgan fingerprint density at radius 1 is 1.29 bits per heavy atom. The number of benzene rings is 1. The number of aliphatic carboxylic acids is 1. The second-order valence-electron chi connectivity index (χ2n) is 6.03. The first-order chi connectivity index (χ1) is 11.3. The van der Waals surface area contributed by atoms with Crippen LogP contribution in [0.25, 0.3) is 0 Å². The second kappa shape index (κ2) is 6.08. The standard InChI is InChI=1S/C16H16F3NO4/c17-16(18,19)10-3-1-2-9(6-10)11-7-12(11)14(21)20-4-5-24-8-13(20)15(22)23/h1-3,6,11-13H,4-5,7-8H2,(H,22,23)/t11-,12+,13-/m0/s1. The van der Waals surface area contributed by atoms with Gasteiger partial charge in [0.1, 0.15) is 0 Å². The van der Waals surface area contributed by atoms with Crippen LogP contribution in [0.1, 0.15) is 23.5 Å². The molecule has 1 amide bonds. The molecule has 2 fully saturated rings. The largest absolute Gasteiger partial charge is 0.480 e. The molecule has 1 aromatic rings. The highest BCUT2D eigenvalue weighted by Crippen LogP contribution is 2.49. The number of carboxylic acid groups (broad SMARTS) is 1. The first-order valence-corrected chi connectivity index (χ1v) is 7.57. The summed E-state index contributed by atoms with van der Waals surface area (Å²) in [6.45, 7) is 0.375. The van der Waals surface area contributed by atoms with Crippen molar-refractivity contribution < 1.29 is 32.6 Å². The Bertz CT molecular complexity index is 661. The van der Waals surface area contributed by atoms with Crippen LogP contribution in [-0.2, 0) is 20.5 Å². The lowest BCUT2D eigenvalue weighted by Gasteiger charge is -2.33. The number of hydrogen-bond acceptors (Lipinski definition) is 3. The third-order valence-electron chi connectivity index (χ3n) is 4.45. The Hall–Kier alpha value is -2.09. The van der Waals surface area contributed by atoms with Gasteiger partial charge in [-0.25, -0.2) is 4.79 Å².